The molecule has 2 heteroatoms. The number of aliphatic hydroxyl groups is 1. The minimum atomic E-state index is -0.0664. The molecule has 0 saturated heterocycles. The molecule has 0 radical (unpaired) electrons. The van der Waals surface area contributed by atoms with E-state index in [0.29, 0.717) is 0 Å². The highest BCUT2D eigenvalue weighted by atomic mass is 16.3. The highest BCUT2D eigenvalue weighted by Crippen LogP contribution is 2.50. The van der Waals surface area contributed by atoms with Gasteiger partial charge in [0.25, 0.3) is 0 Å². The summed E-state index contributed by atoms with van der Waals surface area (Å²) in [7, 11) is 0. The second kappa shape index (κ2) is 2.86. The topological polar surface area (TPSA) is 33.4 Å². The number of aryl methyl sites for hydroxylation is 1. The number of para-hydroxylation sites is 1. The molecule has 1 saturated carbocycles. The third-order valence-electron chi connectivity index (χ3n) is 3.48. The Balaban J connectivity index is 2.24. The van der Waals surface area contributed by atoms with Crippen LogP contribution in [0, 0.1) is 6.92 Å². The molecule has 1 heterocycles. The molecule has 1 aromatic heterocycles. The van der Waals surface area contributed by atoms with Gasteiger partial charge < -0.3 is 9.52 Å². The van der Waals surface area contributed by atoms with Crippen LogP contribution < -0.4 is 0 Å². The molecular weight excluding hydrogens is 188 g/mol. The minimum Gasteiger partial charge on any atom is -0.460 e. The fourth-order valence-corrected chi connectivity index (χ4v) is 2.29. The zero-order valence-corrected chi connectivity index (χ0v) is 8.79. The van der Waals surface area contributed by atoms with Crippen molar-refractivity contribution in [1.29, 1.82) is 0 Å². The molecule has 0 atom stereocenters. The van der Waals surface area contributed by atoms with Gasteiger partial charge in [0, 0.05) is 5.39 Å². The van der Waals surface area contributed by atoms with Crippen LogP contribution in [0.2, 0.25) is 0 Å². The Labute approximate surface area is 88.5 Å². The van der Waals surface area contributed by atoms with E-state index in [0.717, 1.165) is 24.2 Å². The number of fused-ring (bicyclic) bond motifs is 1. The monoisotopic (exact) mass is 202 g/mol. The lowest BCUT2D eigenvalue weighted by molar-refractivity contribution is 0.238. The summed E-state index contributed by atoms with van der Waals surface area (Å²) in [5.74, 6) is 0.992. The van der Waals surface area contributed by atoms with Gasteiger partial charge in [-0.2, -0.15) is 0 Å². The number of aliphatic hydroxyl groups excluding tert-OH is 1. The Morgan fingerprint density at radius 2 is 2.07 bits per heavy atom. The van der Waals surface area contributed by atoms with Crippen molar-refractivity contribution in [3.8, 4) is 0 Å². The van der Waals surface area contributed by atoms with E-state index in [9.17, 15) is 5.11 Å². The van der Waals surface area contributed by atoms with E-state index in [1.54, 1.807) is 0 Å². The van der Waals surface area contributed by atoms with Crippen LogP contribution in [0.4, 0.5) is 0 Å². The smallest absolute Gasteiger partial charge is 0.134 e. The molecule has 0 bridgehead atoms. The fraction of sp³-hybridized carbons (Fsp3) is 0.385. The SMILES string of the molecule is Cc1c(C2(CO)CC2)oc2ccccc12. The van der Waals surface area contributed by atoms with Crippen LogP contribution in [0.25, 0.3) is 11.0 Å². The number of benzene rings is 1. The van der Waals surface area contributed by atoms with Crippen molar-refractivity contribution in [1.82, 2.24) is 0 Å². The average molecular weight is 202 g/mol. The fourth-order valence-electron chi connectivity index (χ4n) is 2.29. The van der Waals surface area contributed by atoms with Gasteiger partial charge in [-0.05, 0) is 31.4 Å². The first-order chi connectivity index (χ1) is 7.27. The standard InChI is InChI=1S/C13H14O2/c1-9-10-4-2-3-5-11(10)15-12(9)13(8-14)6-7-13/h2-5,14H,6-8H2,1H3. The first-order valence-electron chi connectivity index (χ1n) is 5.36. The number of rotatable bonds is 2. The summed E-state index contributed by atoms with van der Waals surface area (Å²) >= 11 is 0. The Kier molecular flexibility index (Phi) is 1.71. The van der Waals surface area contributed by atoms with E-state index in [-0.39, 0.29) is 12.0 Å². The van der Waals surface area contributed by atoms with Crippen molar-refractivity contribution in [3.05, 3.63) is 35.6 Å². The van der Waals surface area contributed by atoms with Gasteiger partial charge in [-0.1, -0.05) is 18.2 Å². The Hall–Kier alpha value is -1.28. The second-order valence-corrected chi connectivity index (χ2v) is 4.49. The van der Waals surface area contributed by atoms with Crippen LogP contribution >= 0.6 is 0 Å². The largest absolute Gasteiger partial charge is 0.460 e. The molecule has 1 aromatic carbocycles. The molecule has 1 N–H and O–H groups in total. The quantitative estimate of drug-likeness (QED) is 0.812. The lowest BCUT2D eigenvalue weighted by Crippen LogP contribution is -2.11. The predicted octanol–water partition coefficient (Wildman–Crippen LogP) is 2.77. The van der Waals surface area contributed by atoms with Crippen molar-refractivity contribution < 1.29 is 9.52 Å². The first-order valence-corrected chi connectivity index (χ1v) is 5.36. The van der Waals surface area contributed by atoms with E-state index >= 15 is 0 Å². The summed E-state index contributed by atoms with van der Waals surface area (Å²) in [6, 6.07) is 8.06. The van der Waals surface area contributed by atoms with Gasteiger partial charge in [0.1, 0.15) is 11.3 Å². The van der Waals surface area contributed by atoms with Crippen LogP contribution in [0.15, 0.2) is 28.7 Å². The van der Waals surface area contributed by atoms with E-state index < -0.39 is 0 Å². The zero-order valence-electron chi connectivity index (χ0n) is 8.79. The first kappa shape index (κ1) is 8.98. The molecule has 15 heavy (non-hydrogen) atoms. The van der Waals surface area contributed by atoms with E-state index in [1.807, 2.05) is 18.2 Å². The molecule has 0 aliphatic heterocycles. The van der Waals surface area contributed by atoms with Crippen molar-refractivity contribution in [2.24, 2.45) is 0 Å². The summed E-state index contributed by atoms with van der Waals surface area (Å²) in [5, 5.41) is 10.6. The predicted molar refractivity (Wildman–Crippen MR) is 58.9 cm³/mol. The third kappa shape index (κ3) is 1.15. The summed E-state index contributed by atoms with van der Waals surface area (Å²) in [5.41, 5.74) is 2.06. The third-order valence-corrected chi connectivity index (χ3v) is 3.48. The maximum Gasteiger partial charge on any atom is 0.134 e. The Bertz CT molecular complexity index is 506. The second-order valence-electron chi connectivity index (χ2n) is 4.49. The van der Waals surface area contributed by atoms with Gasteiger partial charge in [0.2, 0.25) is 0 Å². The maximum absolute atomic E-state index is 9.40. The summed E-state index contributed by atoms with van der Waals surface area (Å²) in [6.45, 7) is 2.28. The van der Waals surface area contributed by atoms with Crippen molar-refractivity contribution in [2.75, 3.05) is 6.61 Å². The van der Waals surface area contributed by atoms with Gasteiger partial charge in [-0.25, -0.2) is 0 Å². The van der Waals surface area contributed by atoms with E-state index in [1.165, 1.54) is 10.9 Å². The van der Waals surface area contributed by atoms with Crippen LogP contribution in [0.5, 0.6) is 0 Å². The maximum atomic E-state index is 9.40. The van der Waals surface area contributed by atoms with Crippen LogP contribution in [-0.2, 0) is 5.41 Å². The molecule has 0 amide bonds. The molecule has 0 unspecified atom stereocenters. The Morgan fingerprint density at radius 1 is 1.33 bits per heavy atom. The minimum absolute atomic E-state index is 0.0664. The van der Waals surface area contributed by atoms with Crippen LogP contribution in [-0.4, -0.2) is 11.7 Å². The van der Waals surface area contributed by atoms with Crippen LogP contribution in [0.3, 0.4) is 0 Å². The molecule has 1 aliphatic carbocycles. The molecule has 78 valence electrons. The van der Waals surface area contributed by atoms with Crippen molar-refractivity contribution in [3.63, 3.8) is 0 Å². The van der Waals surface area contributed by atoms with Gasteiger partial charge in [0.05, 0.1) is 12.0 Å². The van der Waals surface area contributed by atoms with Gasteiger partial charge in [-0.15, -0.1) is 0 Å². The number of hydrogen-bond acceptors (Lipinski definition) is 2. The highest BCUT2D eigenvalue weighted by molar-refractivity contribution is 5.82. The van der Waals surface area contributed by atoms with Crippen molar-refractivity contribution >= 4 is 11.0 Å². The summed E-state index contributed by atoms with van der Waals surface area (Å²) in [6.07, 6.45) is 2.09. The van der Waals surface area contributed by atoms with Gasteiger partial charge >= 0.3 is 0 Å². The average Bonchev–Trinajstić information content (AvgIpc) is 3.00. The van der Waals surface area contributed by atoms with E-state index in [4.69, 9.17) is 4.42 Å². The summed E-state index contributed by atoms with van der Waals surface area (Å²) in [4.78, 5) is 0. The molecule has 1 fully saturated rings. The number of furan rings is 1. The molecule has 2 nitrogen and oxygen atoms in total. The molecule has 0 spiro atoms. The van der Waals surface area contributed by atoms with Gasteiger partial charge in [-0.3, -0.25) is 0 Å². The number of hydrogen-bond donors (Lipinski definition) is 1. The Morgan fingerprint density at radius 3 is 2.67 bits per heavy atom. The highest BCUT2D eigenvalue weighted by Gasteiger charge is 2.47. The molecule has 2 aromatic rings. The van der Waals surface area contributed by atoms with E-state index in [2.05, 4.69) is 13.0 Å². The van der Waals surface area contributed by atoms with Crippen molar-refractivity contribution in [2.45, 2.75) is 25.2 Å². The zero-order chi connectivity index (χ0) is 10.5. The normalized spacial score (nSPS) is 18.3. The molecule has 3 rings (SSSR count). The van der Waals surface area contributed by atoms with Crippen LogP contribution in [0.1, 0.15) is 24.2 Å². The molecular formula is C13H14O2. The lowest BCUT2D eigenvalue weighted by atomic mass is 10.00. The lowest BCUT2D eigenvalue weighted by Gasteiger charge is -2.08. The summed E-state index contributed by atoms with van der Waals surface area (Å²) < 4.78 is 5.86. The van der Waals surface area contributed by atoms with Gasteiger partial charge in [0.15, 0.2) is 0 Å². The molecule has 1 aliphatic rings.